The number of carbonyl (C=O) groups is 2. The molecule has 0 bridgehead atoms. The standard InChI is InChI=1S/C28H21F6N7O3S/c1-39(2)19-9-12-21(27(29,30)31)23(13-19)41-24(42)15-45-26(41)36-25(43)35-17-5-3-16(4-6-17)22-14-40(38-37-22)18-7-10-20(11-8-18)44-28(32,33)34/h3-14H,15H2,1-2H3,(H,35,43). The molecule has 1 N–H and O–H groups in total. The molecule has 0 radical (unpaired) electrons. The summed E-state index contributed by atoms with van der Waals surface area (Å²) in [7, 11) is 3.28. The van der Waals surface area contributed by atoms with E-state index < -0.39 is 35.7 Å². The largest absolute Gasteiger partial charge is 0.573 e. The summed E-state index contributed by atoms with van der Waals surface area (Å²) in [6.07, 6.45) is -8.03. The van der Waals surface area contributed by atoms with E-state index in [0.717, 1.165) is 34.9 Å². The second kappa shape index (κ2) is 12.1. The second-order valence-electron chi connectivity index (χ2n) is 9.60. The van der Waals surface area contributed by atoms with E-state index in [-0.39, 0.29) is 16.7 Å². The number of aromatic nitrogens is 3. The first kappa shape index (κ1) is 31.4. The fraction of sp³-hybridized carbons (Fsp3) is 0.179. The molecule has 1 aliphatic heterocycles. The average molecular weight is 650 g/mol. The van der Waals surface area contributed by atoms with Gasteiger partial charge in [-0.3, -0.25) is 9.69 Å². The van der Waals surface area contributed by atoms with Gasteiger partial charge in [-0.25, -0.2) is 9.48 Å². The molecule has 0 spiro atoms. The number of thioether (sulfide) groups is 1. The van der Waals surface area contributed by atoms with Crippen LogP contribution in [0.25, 0.3) is 16.9 Å². The number of ether oxygens (including phenoxy) is 1. The van der Waals surface area contributed by atoms with Gasteiger partial charge in [0.05, 0.1) is 28.9 Å². The van der Waals surface area contributed by atoms with E-state index >= 15 is 0 Å². The van der Waals surface area contributed by atoms with Crippen LogP contribution in [-0.4, -0.2) is 58.3 Å². The Hall–Kier alpha value is -5.06. The van der Waals surface area contributed by atoms with Gasteiger partial charge in [0.1, 0.15) is 11.4 Å². The highest BCUT2D eigenvalue weighted by atomic mass is 32.2. The summed E-state index contributed by atoms with van der Waals surface area (Å²) < 4.78 is 83.8. The van der Waals surface area contributed by atoms with Crippen molar-refractivity contribution in [3.63, 3.8) is 0 Å². The number of aliphatic imine (C=N–C) groups is 1. The van der Waals surface area contributed by atoms with Gasteiger partial charge in [-0.05, 0) is 54.6 Å². The number of nitrogens with one attached hydrogen (secondary N) is 1. The maximum atomic E-state index is 13.8. The van der Waals surface area contributed by atoms with E-state index in [1.807, 2.05) is 0 Å². The smallest absolute Gasteiger partial charge is 0.406 e. The molecule has 1 saturated heterocycles. The second-order valence-corrected chi connectivity index (χ2v) is 10.5. The number of carbonyl (C=O) groups excluding carboxylic acids is 2. The molecule has 1 aromatic heterocycles. The number of benzene rings is 3. The number of hydrogen-bond acceptors (Lipinski definition) is 7. The van der Waals surface area contributed by atoms with Crippen molar-refractivity contribution in [2.75, 3.05) is 35.0 Å². The zero-order chi connectivity index (χ0) is 32.5. The lowest BCUT2D eigenvalue weighted by molar-refractivity contribution is -0.274. The fourth-order valence-corrected chi connectivity index (χ4v) is 5.05. The van der Waals surface area contributed by atoms with Gasteiger partial charge in [-0.2, -0.15) is 18.2 Å². The summed E-state index contributed by atoms with van der Waals surface area (Å²) in [5.41, 5.74) is 0.675. The van der Waals surface area contributed by atoms with Crippen LogP contribution in [0.3, 0.4) is 0 Å². The summed E-state index contributed by atoms with van der Waals surface area (Å²) in [4.78, 5) is 31.7. The van der Waals surface area contributed by atoms with E-state index in [0.29, 0.717) is 28.3 Å². The highest BCUT2D eigenvalue weighted by Crippen LogP contribution is 2.41. The Kier molecular flexibility index (Phi) is 8.46. The molecular formula is C28H21F6N7O3S. The summed E-state index contributed by atoms with van der Waals surface area (Å²) in [6.45, 7) is 0. The van der Waals surface area contributed by atoms with E-state index in [1.165, 1.54) is 41.1 Å². The summed E-state index contributed by atoms with van der Waals surface area (Å²) >= 11 is 0.839. The summed E-state index contributed by atoms with van der Waals surface area (Å²) in [5.74, 6) is -1.24. The quantitative estimate of drug-likeness (QED) is 0.235. The van der Waals surface area contributed by atoms with Crippen LogP contribution in [-0.2, 0) is 11.0 Å². The topological polar surface area (TPSA) is 105 Å². The van der Waals surface area contributed by atoms with Crippen LogP contribution in [0.15, 0.2) is 77.9 Å². The molecule has 1 aliphatic rings. The van der Waals surface area contributed by atoms with E-state index in [1.54, 1.807) is 37.3 Å². The predicted octanol–water partition coefficient (Wildman–Crippen LogP) is 6.59. The first-order valence-electron chi connectivity index (χ1n) is 12.8. The molecule has 5 rings (SSSR count). The number of anilines is 3. The van der Waals surface area contributed by atoms with Crippen molar-refractivity contribution in [3.8, 4) is 22.7 Å². The van der Waals surface area contributed by atoms with Crippen molar-refractivity contribution >= 4 is 45.9 Å². The van der Waals surface area contributed by atoms with Crippen LogP contribution < -0.4 is 19.9 Å². The van der Waals surface area contributed by atoms with Gasteiger partial charge in [-0.1, -0.05) is 29.1 Å². The minimum absolute atomic E-state index is 0.198. The van der Waals surface area contributed by atoms with Crippen molar-refractivity contribution in [2.24, 2.45) is 4.99 Å². The van der Waals surface area contributed by atoms with Gasteiger partial charge in [0.15, 0.2) is 5.17 Å². The molecule has 3 amide bonds. The van der Waals surface area contributed by atoms with Crippen LogP contribution in [0.5, 0.6) is 5.75 Å². The third kappa shape index (κ3) is 7.36. The zero-order valence-electron chi connectivity index (χ0n) is 23.2. The van der Waals surface area contributed by atoms with Gasteiger partial charge < -0.3 is 15.0 Å². The third-order valence-corrected chi connectivity index (χ3v) is 7.19. The highest BCUT2D eigenvalue weighted by Gasteiger charge is 2.40. The first-order chi connectivity index (χ1) is 21.2. The van der Waals surface area contributed by atoms with E-state index in [4.69, 9.17) is 0 Å². The van der Waals surface area contributed by atoms with Crippen LogP contribution >= 0.6 is 11.8 Å². The van der Waals surface area contributed by atoms with Gasteiger partial charge >= 0.3 is 18.6 Å². The van der Waals surface area contributed by atoms with Crippen molar-refractivity contribution in [1.29, 1.82) is 0 Å². The molecule has 1 fully saturated rings. The molecule has 10 nitrogen and oxygen atoms in total. The molecule has 4 aromatic rings. The maximum absolute atomic E-state index is 13.8. The molecule has 3 aromatic carbocycles. The zero-order valence-corrected chi connectivity index (χ0v) is 24.0. The molecule has 0 saturated carbocycles. The maximum Gasteiger partial charge on any atom is 0.573 e. The molecular weight excluding hydrogens is 628 g/mol. The number of alkyl halides is 6. The third-order valence-electron chi connectivity index (χ3n) is 6.27. The lowest BCUT2D eigenvalue weighted by Gasteiger charge is -2.23. The molecule has 0 atom stereocenters. The van der Waals surface area contributed by atoms with Crippen LogP contribution in [0.4, 0.5) is 48.2 Å². The number of rotatable bonds is 6. The van der Waals surface area contributed by atoms with Crippen molar-refractivity contribution in [1.82, 2.24) is 15.0 Å². The molecule has 45 heavy (non-hydrogen) atoms. The highest BCUT2D eigenvalue weighted by molar-refractivity contribution is 8.15. The van der Waals surface area contributed by atoms with Gasteiger partial charge in [-0.15, -0.1) is 18.3 Å². The normalized spacial score (nSPS) is 14.6. The Bertz CT molecular complexity index is 1750. The van der Waals surface area contributed by atoms with Gasteiger partial charge in [0, 0.05) is 31.0 Å². The predicted molar refractivity (Wildman–Crippen MR) is 156 cm³/mol. The van der Waals surface area contributed by atoms with Crippen LogP contribution in [0, 0.1) is 0 Å². The van der Waals surface area contributed by atoms with Gasteiger partial charge in [0.25, 0.3) is 0 Å². The van der Waals surface area contributed by atoms with E-state index in [2.05, 4.69) is 25.4 Å². The lowest BCUT2D eigenvalue weighted by Crippen LogP contribution is -2.32. The van der Waals surface area contributed by atoms with Crippen LogP contribution in [0.1, 0.15) is 5.56 Å². The summed E-state index contributed by atoms with van der Waals surface area (Å²) in [6, 6.07) is 13.8. The SMILES string of the molecule is CN(C)c1ccc(C(F)(F)F)c(N2C(=O)CSC2=NC(=O)Nc2ccc(-c3cn(-c4ccc(OC(F)(F)F)cc4)nn3)cc2)c1. The van der Waals surface area contributed by atoms with Crippen molar-refractivity contribution in [2.45, 2.75) is 12.5 Å². The number of amides is 3. The number of urea groups is 1. The molecule has 0 unspecified atom stereocenters. The summed E-state index contributed by atoms with van der Waals surface area (Å²) in [5, 5.41) is 10.4. The fourth-order valence-electron chi connectivity index (χ4n) is 4.19. The van der Waals surface area contributed by atoms with Crippen molar-refractivity contribution in [3.05, 3.63) is 78.5 Å². The number of nitrogens with zero attached hydrogens (tertiary/aromatic N) is 6. The average Bonchev–Trinajstić information content (AvgIpc) is 3.59. The molecule has 17 heteroatoms. The minimum atomic E-state index is -4.81. The Morgan fingerprint density at radius 2 is 1.69 bits per heavy atom. The Morgan fingerprint density at radius 3 is 2.31 bits per heavy atom. The van der Waals surface area contributed by atoms with Crippen molar-refractivity contribution < 1.29 is 40.7 Å². The molecule has 2 heterocycles. The molecule has 234 valence electrons. The first-order valence-corrected chi connectivity index (χ1v) is 13.8. The number of hydrogen-bond donors (Lipinski definition) is 1. The van der Waals surface area contributed by atoms with Crippen LogP contribution in [0.2, 0.25) is 0 Å². The Balaban J connectivity index is 1.30. The lowest BCUT2D eigenvalue weighted by atomic mass is 10.1. The molecule has 0 aliphatic carbocycles. The Labute approximate surface area is 255 Å². The minimum Gasteiger partial charge on any atom is -0.406 e. The number of amidine groups is 1. The Morgan fingerprint density at radius 1 is 1.00 bits per heavy atom. The van der Waals surface area contributed by atoms with E-state index in [9.17, 15) is 35.9 Å². The van der Waals surface area contributed by atoms with Gasteiger partial charge in [0.2, 0.25) is 5.91 Å². The number of halogens is 6. The monoisotopic (exact) mass is 649 g/mol.